The van der Waals surface area contributed by atoms with Gasteiger partial charge in [0.15, 0.2) is 5.01 Å². The van der Waals surface area contributed by atoms with E-state index in [9.17, 15) is 13.6 Å². The van der Waals surface area contributed by atoms with Crippen molar-refractivity contribution in [3.63, 3.8) is 0 Å². The second-order valence-corrected chi connectivity index (χ2v) is 8.38. The van der Waals surface area contributed by atoms with Crippen LogP contribution in [0.2, 0.25) is 0 Å². The van der Waals surface area contributed by atoms with E-state index in [2.05, 4.69) is 15.5 Å². The Labute approximate surface area is 182 Å². The van der Waals surface area contributed by atoms with E-state index in [1.54, 1.807) is 18.4 Å². The number of rotatable bonds is 6. The van der Waals surface area contributed by atoms with E-state index in [1.165, 1.54) is 0 Å². The van der Waals surface area contributed by atoms with Gasteiger partial charge in [-0.2, -0.15) is 0 Å². The van der Waals surface area contributed by atoms with Crippen LogP contribution in [-0.2, 0) is 4.79 Å². The molecule has 9 heteroatoms. The van der Waals surface area contributed by atoms with Gasteiger partial charge in [-0.05, 0) is 50.2 Å². The van der Waals surface area contributed by atoms with E-state index in [-0.39, 0.29) is 24.1 Å². The van der Waals surface area contributed by atoms with Crippen LogP contribution in [0.1, 0.15) is 23.8 Å². The molecule has 1 fully saturated rings. The third-order valence-corrected chi connectivity index (χ3v) is 6.40. The maximum atomic E-state index is 13.7. The molecule has 0 unspecified atom stereocenters. The molecule has 0 aliphatic carbocycles. The number of amides is 1. The van der Waals surface area contributed by atoms with Gasteiger partial charge in [0.2, 0.25) is 5.91 Å². The highest BCUT2D eigenvalue weighted by molar-refractivity contribution is 7.14. The Morgan fingerprint density at radius 3 is 2.74 bits per heavy atom. The van der Waals surface area contributed by atoms with Crippen LogP contribution in [-0.4, -0.2) is 47.7 Å². The van der Waals surface area contributed by atoms with Gasteiger partial charge in [-0.1, -0.05) is 23.5 Å². The molecule has 162 valence electrons. The summed E-state index contributed by atoms with van der Waals surface area (Å²) in [6.07, 6.45) is 1.70. The number of nitrogens with zero attached hydrogens (tertiary/aromatic N) is 3. The average Bonchev–Trinajstić information content (AvgIpc) is 3.27. The first-order valence-electron chi connectivity index (χ1n) is 9.97. The fourth-order valence-corrected chi connectivity index (χ4v) is 4.70. The van der Waals surface area contributed by atoms with Crippen LogP contribution in [0.15, 0.2) is 42.5 Å². The zero-order chi connectivity index (χ0) is 21.8. The first kappa shape index (κ1) is 21.3. The van der Waals surface area contributed by atoms with Gasteiger partial charge in [0.05, 0.1) is 24.9 Å². The molecule has 4 rings (SSSR count). The van der Waals surface area contributed by atoms with Crippen molar-refractivity contribution in [3.8, 4) is 16.3 Å². The molecule has 1 saturated heterocycles. The SMILES string of the molecule is COc1ccccc1-c1nnc(C2CCN(CC(=O)Nc3cc(F)ccc3F)CC2)s1. The molecule has 2 heterocycles. The number of carbonyl (C=O) groups excluding carboxylic acids is 1. The Hall–Kier alpha value is -2.91. The Balaban J connectivity index is 1.32. The van der Waals surface area contributed by atoms with Crippen LogP contribution >= 0.6 is 11.3 Å². The molecule has 1 aliphatic heterocycles. The average molecular weight is 445 g/mol. The minimum Gasteiger partial charge on any atom is -0.496 e. The van der Waals surface area contributed by atoms with Crippen LogP contribution in [0, 0.1) is 11.6 Å². The van der Waals surface area contributed by atoms with Crippen LogP contribution in [0.4, 0.5) is 14.5 Å². The van der Waals surface area contributed by atoms with Crippen molar-refractivity contribution < 1.29 is 18.3 Å². The standard InChI is InChI=1S/C22H22F2N4O2S/c1-30-19-5-3-2-4-16(19)22-27-26-21(31-22)14-8-10-28(11-9-14)13-20(29)25-18-12-15(23)6-7-17(18)24/h2-7,12,14H,8-11,13H2,1H3,(H,25,29). The van der Waals surface area contributed by atoms with Crippen LogP contribution in [0.25, 0.3) is 10.6 Å². The molecule has 0 bridgehead atoms. The van der Waals surface area contributed by atoms with Crippen molar-refractivity contribution in [2.24, 2.45) is 0 Å². The molecule has 0 saturated carbocycles. The summed E-state index contributed by atoms with van der Waals surface area (Å²) < 4.78 is 32.4. The van der Waals surface area contributed by atoms with Crippen molar-refractivity contribution in [1.82, 2.24) is 15.1 Å². The number of carbonyl (C=O) groups is 1. The molecule has 0 spiro atoms. The number of ether oxygens (including phenoxy) is 1. The Morgan fingerprint density at radius 1 is 1.19 bits per heavy atom. The molecule has 1 N–H and O–H groups in total. The lowest BCUT2D eigenvalue weighted by molar-refractivity contribution is -0.117. The summed E-state index contributed by atoms with van der Waals surface area (Å²) in [4.78, 5) is 14.2. The number of likely N-dealkylation sites (tertiary alicyclic amines) is 1. The van der Waals surface area contributed by atoms with Crippen molar-refractivity contribution in [1.29, 1.82) is 0 Å². The van der Waals surface area contributed by atoms with Gasteiger partial charge in [-0.15, -0.1) is 10.2 Å². The predicted molar refractivity (Wildman–Crippen MR) is 115 cm³/mol. The monoisotopic (exact) mass is 444 g/mol. The van der Waals surface area contributed by atoms with Gasteiger partial charge in [0.25, 0.3) is 0 Å². The van der Waals surface area contributed by atoms with Crippen molar-refractivity contribution in [2.45, 2.75) is 18.8 Å². The third kappa shape index (κ3) is 5.05. The van der Waals surface area contributed by atoms with Crippen molar-refractivity contribution >= 4 is 22.9 Å². The Bertz CT molecular complexity index is 1070. The number of benzene rings is 2. The molecule has 6 nitrogen and oxygen atoms in total. The number of aromatic nitrogens is 2. The predicted octanol–water partition coefficient (Wildman–Crippen LogP) is 4.31. The van der Waals surface area contributed by atoms with Crippen molar-refractivity contribution in [2.75, 3.05) is 32.1 Å². The van der Waals surface area contributed by atoms with Gasteiger partial charge < -0.3 is 10.1 Å². The lowest BCUT2D eigenvalue weighted by Gasteiger charge is -2.30. The van der Waals surface area contributed by atoms with Crippen LogP contribution in [0.5, 0.6) is 5.75 Å². The highest BCUT2D eigenvalue weighted by Crippen LogP contribution is 2.36. The molecule has 0 radical (unpaired) electrons. The molecule has 31 heavy (non-hydrogen) atoms. The van der Waals surface area contributed by atoms with Gasteiger partial charge in [0, 0.05) is 12.0 Å². The summed E-state index contributed by atoms with van der Waals surface area (Å²) in [6, 6.07) is 10.7. The maximum absolute atomic E-state index is 13.7. The van der Waals surface area contributed by atoms with E-state index in [0.29, 0.717) is 13.1 Å². The number of halogens is 2. The normalized spacial score (nSPS) is 15.1. The number of anilines is 1. The molecule has 1 aromatic heterocycles. The minimum atomic E-state index is -0.657. The topological polar surface area (TPSA) is 67.4 Å². The first-order valence-corrected chi connectivity index (χ1v) is 10.8. The van der Waals surface area contributed by atoms with E-state index >= 15 is 0 Å². The highest BCUT2D eigenvalue weighted by Gasteiger charge is 2.25. The lowest BCUT2D eigenvalue weighted by Crippen LogP contribution is -2.38. The summed E-state index contributed by atoms with van der Waals surface area (Å²) in [7, 11) is 1.63. The third-order valence-electron chi connectivity index (χ3n) is 5.28. The lowest BCUT2D eigenvalue weighted by atomic mass is 9.98. The summed E-state index contributed by atoms with van der Waals surface area (Å²) in [5.41, 5.74) is 0.782. The first-order chi connectivity index (χ1) is 15.0. The van der Waals surface area contributed by atoms with Gasteiger partial charge in [0.1, 0.15) is 22.4 Å². The molecule has 1 amide bonds. The molecule has 1 aliphatic rings. The van der Waals surface area contributed by atoms with E-state index in [4.69, 9.17) is 4.74 Å². The van der Waals surface area contributed by atoms with E-state index < -0.39 is 11.6 Å². The molecular formula is C22H22F2N4O2S. The number of piperidine rings is 1. The number of hydrogen-bond donors (Lipinski definition) is 1. The van der Waals surface area contributed by atoms with Crippen LogP contribution < -0.4 is 10.1 Å². The number of para-hydroxylation sites is 1. The fraction of sp³-hybridized carbons (Fsp3) is 0.318. The maximum Gasteiger partial charge on any atom is 0.238 e. The largest absolute Gasteiger partial charge is 0.496 e. The fourth-order valence-electron chi connectivity index (χ4n) is 3.65. The van der Waals surface area contributed by atoms with Gasteiger partial charge in [-0.3, -0.25) is 9.69 Å². The zero-order valence-electron chi connectivity index (χ0n) is 17.0. The number of hydrogen-bond acceptors (Lipinski definition) is 6. The number of methoxy groups -OCH3 is 1. The Kier molecular flexibility index (Phi) is 6.53. The molecule has 2 aromatic carbocycles. The second kappa shape index (κ2) is 9.49. The van der Waals surface area contributed by atoms with Gasteiger partial charge >= 0.3 is 0 Å². The quantitative estimate of drug-likeness (QED) is 0.614. The molecule has 0 atom stereocenters. The zero-order valence-corrected chi connectivity index (χ0v) is 17.8. The molecule has 3 aromatic rings. The second-order valence-electron chi connectivity index (χ2n) is 7.37. The Morgan fingerprint density at radius 2 is 1.97 bits per heavy atom. The van der Waals surface area contributed by atoms with Crippen molar-refractivity contribution in [3.05, 3.63) is 59.1 Å². The van der Waals surface area contributed by atoms with E-state index in [1.807, 2.05) is 29.2 Å². The summed E-state index contributed by atoms with van der Waals surface area (Å²) in [6.45, 7) is 1.56. The summed E-state index contributed by atoms with van der Waals surface area (Å²) >= 11 is 1.56. The highest BCUT2D eigenvalue weighted by atomic mass is 32.1. The smallest absolute Gasteiger partial charge is 0.238 e. The molecular weight excluding hydrogens is 422 g/mol. The minimum absolute atomic E-state index is 0.130. The van der Waals surface area contributed by atoms with Gasteiger partial charge in [-0.25, -0.2) is 8.78 Å². The summed E-state index contributed by atoms with van der Waals surface area (Å²) in [5.74, 6) is -0.573. The summed E-state index contributed by atoms with van der Waals surface area (Å²) in [5, 5.41) is 13.0. The number of nitrogens with one attached hydrogen (secondary N) is 1. The van der Waals surface area contributed by atoms with E-state index in [0.717, 1.165) is 52.4 Å². The van der Waals surface area contributed by atoms with Crippen LogP contribution in [0.3, 0.4) is 0 Å².